The Balaban J connectivity index is 1.23. The number of aromatic nitrogens is 4. The molecule has 2 N–H and O–H groups in total. The molecule has 5 rings (SSSR count). The Morgan fingerprint density at radius 1 is 1.09 bits per heavy atom. The maximum atomic E-state index is 13.6. The second kappa shape index (κ2) is 12.5. The molecule has 2 aromatic heterocycles. The minimum Gasteiger partial charge on any atom is -0.339 e. The summed E-state index contributed by atoms with van der Waals surface area (Å²) >= 11 is 3.43. The fourth-order valence-corrected chi connectivity index (χ4v) is 5.98. The van der Waals surface area contributed by atoms with Crippen molar-refractivity contribution in [2.75, 3.05) is 44.6 Å². The van der Waals surface area contributed by atoms with Crippen molar-refractivity contribution < 1.29 is 27.6 Å². The van der Waals surface area contributed by atoms with Crippen molar-refractivity contribution >= 4 is 39.3 Å². The highest BCUT2D eigenvalue weighted by Gasteiger charge is 2.38. The molecule has 0 spiro atoms. The van der Waals surface area contributed by atoms with E-state index in [-0.39, 0.29) is 41.4 Å². The number of piperazine rings is 1. The maximum absolute atomic E-state index is 13.6. The molecule has 2 aliphatic heterocycles. The van der Waals surface area contributed by atoms with Gasteiger partial charge in [0.2, 0.25) is 5.91 Å². The summed E-state index contributed by atoms with van der Waals surface area (Å²) in [4.78, 5) is 46.7. The van der Waals surface area contributed by atoms with Crippen LogP contribution in [0.15, 0.2) is 35.1 Å². The minimum atomic E-state index is -4.67. The van der Waals surface area contributed by atoms with E-state index in [0.717, 1.165) is 25.9 Å². The van der Waals surface area contributed by atoms with Gasteiger partial charge in [-0.2, -0.15) is 18.3 Å². The van der Waals surface area contributed by atoms with Gasteiger partial charge in [0.25, 0.3) is 11.8 Å². The highest BCUT2D eigenvalue weighted by Crippen LogP contribution is 2.36. The van der Waals surface area contributed by atoms with Crippen molar-refractivity contribution in [3.05, 3.63) is 52.1 Å². The van der Waals surface area contributed by atoms with Crippen LogP contribution in [-0.2, 0) is 24.6 Å². The number of nitrogens with zero attached hydrogens (tertiary/aromatic N) is 6. The summed E-state index contributed by atoms with van der Waals surface area (Å²) in [6.45, 7) is 5.42. The van der Waals surface area contributed by atoms with Crippen LogP contribution in [0.4, 0.5) is 18.9 Å². The first-order chi connectivity index (χ1) is 20.5. The molecule has 3 amide bonds. The Labute approximate surface area is 254 Å². The number of rotatable bonds is 6. The predicted octanol–water partition coefficient (Wildman–Crippen LogP) is 3.62. The standard InChI is InChI=1S/C28H32BrF3N8O3/c1-3-40-16-20(23(36-40)28(30,31)32)22-15-34-24(37(22)2)25(41)35-18-4-5-19(21(29)14-18)27(43)39-12-10-38(11-13-39)26(42)17-6-8-33-9-7-17/h4-5,14-17,33H,3,6-13H2,1-2H3,(H,35,41). The van der Waals surface area contributed by atoms with Crippen LogP contribution in [0.3, 0.4) is 0 Å². The van der Waals surface area contributed by atoms with Gasteiger partial charge in [0.05, 0.1) is 23.0 Å². The number of halogens is 4. The lowest BCUT2D eigenvalue weighted by Gasteiger charge is -2.37. The van der Waals surface area contributed by atoms with Crippen molar-refractivity contribution in [3.8, 4) is 11.3 Å². The van der Waals surface area contributed by atoms with Crippen LogP contribution in [0.5, 0.6) is 0 Å². The lowest BCUT2D eigenvalue weighted by Crippen LogP contribution is -2.52. The summed E-state index contributed by atoms with van der Waals surface area (Å²) in [5.41, 5.74) is -0.362. The second-order valence-corrected chi connectivity index (χ2v) is 11.4. The molecule has 230 valence electrons. The van der Waals surface area contributed by atoms with Crippen LogP contribution in [0.2, 0.25) is 0 Å². The van der Waals surface area contributed by atoms with Gasteiger partial charge in [0.15, 0.2) is 11.5 Å². The molecule has 0 unspecified atom stereocenters. The molecular formula is C28H32BrF3N8O3. The molecule has 43 heavy (non-hydrogen) atoms. The first-order valence-electron chi connectivity index (χ1n) is 14.0. The van der Waals surface area contributed by atoms with E-state index in [0.29, 0.717) is 41.9 Å². The van der Waals surface area contributed by atoms with Gasteiger partial charge < -0.3 is 25.0 Å². The molecule has 4 heterocycles. The lowest BCUT2D eigenvalue weighted by molar-refractivity contribution is -0.141. The third kappa shape index (κ3) is 6.47. The topological polar surface area (TPSA) is 117 Å². The number of alkyl halides is 3. The molecule has 0 bridgehead atoms. The van der Waals surface area contributed by atoms with E-state index in [1.54, 1.807) is 30.0 Å². The molecule has 2 saturated heterocycles. The van der Waals surface area contributed by atoms with Gasteiger partial charge in [0, 0.05) is 62.0 Å². The molecule has 0 atom stereocenters. The predicted molar refractivity (Wildman–Crippen MR) is 155 cm³/mol. The number of aryl methyl sites for hydroxylation is 1. The molecule has 0 radical (unpaired) electrons. The van der Waals surface area contributed by atoms with Crippen LogP contribution < -0.4 is 10.6 Å². The monoisotopic (exact) mass is 664 g/mol. The van der Waals surface area contributed by atoms with E-state index in [2.05, 4.69) is 36.6 Å². The van der Waals surface area contributed by atoms with Crippen LogP contribution in [0, 0.1) is 5.92 Å². The van der Waals surface area contributed by atoms with Gasteiger partial charge in [-0.1, -0.05) is 0 Å². The van der Waals surface area contributed by atoms with Crippen LogP contribution in [-0.4, -0.2) is 86.1 Å². The zero-order chi connectivity index (χ0) is 30.9. The minimum absolute atomic E-state index is 0.0372. The summed E-state index contributed by atoms with van der Waals surface area (Å²) in [5.74, 6) is -0.728. The molecule has 15 heteroatoms. The normalized spacial score (nSPS) is 16.4. The number of imidazole rings is 1. The SMILES string of the molecule is CCn1cc(-c2cnc(C(=O)Nc3ccc(C(=O)N4CCN(C(=O)C5CCNCC5)CC4)c(Br)c3)n2C)c(C(F)(F)F)n1. The third-order valence-corrected chi connectivity index (χ3v) is 8.50. The van der Waals surface area contributed by atoms with Crippen LogP contribution >= 0.6 is 15.9 Å². The number of hydrogen-bond acceptors (Lipinski definition) is 6. The summed E-state index contributed by atoms with van der Waals surface area (Å²) in [5, 5.41) is 9.59. The van der Waals surface area contributed by atoms with Gasteiger partial charge in [0.1, 0.15) is 0 Å². The van der Waals surface area contributed by atoms with Crippen molar-refractivity contribution in [3.63, 3.8) is 0 Å². The van der Waals surface area contributed by atoms with E-state index >= 15 is 0 Å². The zero-order valence-corrected chi connectivity index (χ0v) is 25.3. The van der Waals surface area contributed by atoms with E-state index in [1.807, 2.05) is 4.90 Å². The number of carbonyl (C=O) groups excluding carboxylic acids is 3. The Kier molecular flexibility index (Phi) is 8.92. The maximum Gasteiger partial charge on any atom is 0.435 e. The number of anilines is 1. The molecule has 2 aliphatic rings. The lowest BCUT2D eigenvalue weighted by atomic mass is 9.96. The summed E-state index contributed by atoms with van der Waals surface area (Å²) in [6, 6.07) is 4.75. The van der Waals surface area contributed by atoms with Gasteiger partial charge >= 0.3 is 6.18 Å². The smallest absolute Gasteiger partial charge is 0.339 e. The molecule has 0 saturated carbocycles. The number of carbonyl (C=O) groups is 3. The first-order valence-corrected chi connectivity index (χ1v) is 14.8. The van der Waals surface area contributed by atoms with E-state index in [1.165, 1.54) is 28.7 Å². The molecule has 1 aromatic carbocycles. The Morgan fingerprint density at radius 2 is 1.77 bits per heavy atom. The summed E-state index contributed by atoms with van der Waals surface area (Å²) < 4.78 is 43.7. The fraction of sp³-hybridized carbons (Fsp3) is 0.464. The first kappa shape index (κ1) is 30.7. The number of nitrogens with one attached hydrogen (secondary N) is 2. The molecular weight excluding hydrogens is 633 g/mol. The van der Waals surface area contributed by atoms with Gasteiger partial charge in [-0.15, -0.1) is 0 Å². The number of amides is 3. The van der Waals surface area contributed by atoms with Gasteiger partial charge in [-0.05, 0) is 67.0 Å². The highest BCUT2D eigenvalue weighted by atomic mass is 79.9. The average Bonchev–Trinajstić information content (AvgIpc) is 3.60. The third-order valence-electron chi connectivity index (χ3n) is 7.85. The van der Waals surface area contributed by atoms with Crippen LogP contribution in [0.25, 0.3) is 11.3 Å². The van der Waals surface area contributed by atoms with Crippen molar-refractivity contribution in [2.45, 2.75) is 32.5 Å². The highest BCUT2D eigenvalue weighted by molar-refractivity contribution is 9.10. The molecule has 2 fully saturated rings. The fourth-order valence-electron chi connectivity index (χ4n) is 5.43. The number of benzene rings is 1. The van der Waals surface area contributed by atoms with E-state index in [4.69, 9.17) is 0 Å². The largest absolute Gasteiger partial charge is 0.435 e. The molecule has 0 aliphatic carbocycles. The van der Waals surface area contributed by atoms with Crippen LogP contribution in [0.1, 0.15) is 46.4 Å². The quantitative estimate of drug-likeness (QED) is 0.416. The van der Waals surface area contributed by atoms with Gasteiger partial charge in [-0.3, -0.25) is 19.1 Å². The molecule has 3 aromatic rings. The van der Waals surface area contributed by atoms with Crippen molar-refractivity contribution in [2.24, 2.45) is 13.0 Å². The Morgan fingerprint density at radius 3 is 2.40 bits per heavy atom. The summed E-state index contributed by atoms with van der Waals surface area (Å²) in [7, 11) is 1.46. The summed E-state index contributed by atoms with van der Waals surface area (Å²) in [6.07, 6.45) is -0.525. The van der Waals surface area contributed by atoms with Crippen molar-refractivity contribution in [1.82, 2.24) is 34.4 Å². The van der Waals surface area contributed by atoms with Crippen molar-refractivity contribution in [1.29, 1.82) is 0 Å². The van der Waals surface area contributed by atoms with E-state index < -0.39 is 17.8 Å². The Bertz CT molecular complexity index is 1520. The number of piperidine rings is 1. The Hall–Kier alpha value is -3.72. The number of hydrogen-bond donors (Lipinski definition) is 2. The average molecular weight is 666 g/mol. The second-order valence-electron chi connectivity index (χ2n) is 10.6. The van der Waals surface area contributed by atoms with E-state index in [9.17, 15) is 27.6 Å². The van der Waals surface area contributed by atoms with Gasteiger partial charge in [-0.25, -0.2) is 4.98 Å². The molecule has 11 nitrogen and oxygen atoms in total. The zero-order valence-electron chi connectivity index (χ0n) is 23.7.